The molecule has 1 rings (SSSR count). The zero-order valence-corrected chi connectivity index (χ0v) is 7.24. The third kappa shape index (κ3) is 2.00. The largest absolute Gasteiger partial charge is 0.396 e. The summed E-state index contributed by atoms with van der Waals surface area (Å²) in [5, 5.41) is 45.8. The molecule has 5 N–H and O–H groups in total. The fourth-order valence-electron chi connectivity index (χ4n) is 1.85. The fraction of sp³-hybridized carbons (Fsp3) is 1.00. The van der Waals surface area contributed by atoms with E-state index >= 15 is 0 Å². The van der Waals surface area contributed by atoms with Gasteiger partial charge in [-0.25, -0.2) is 0 Å². The minimum atomic E-state index is -1.22. The number of hydrogen-bond donors (Lipinski definition) is 5. The minimum absolute atomic E-state index is 0.202. The van der Waals surface area contributed by atoms with Crippen LogP contribution in [0.2, 0.25) is 0 Å². The van der Waals surface area contributed by atoms with Crippen molar-refractivity contribution in [2.45, 2.75) is 24.7 Å². The highest BCUT2D eigenvalue weighted by Crippen LogP contribution is 2.30. The minimum Gasteiger partial charge on any atom is -0.396 e. The Bertz CT molecular complexity index is 161. The number of rotatable bonds is 2. The van der Waals surface area contributed by atoms with Crippen LogP contribution in [0.4, 0.5) is 0 Å². The lowest BCUT2D eigenvalue weighted by Gasteiger charge is -2.39. The lowest BCUT2D eigenvalue weighted by molar-refractivity contribution is -0.144. The third-order valence-corrected chi connectivity index (χ3v) is 2.78. The number of aliphatic hydroxyl groups excluding tert-OH is 5. The molecule has 5 heteroatoms. The van der Waals surface area contributed by atoms with Crippen LogP contribution in [0.25, 0.3) is 0 Å². The topological polar surface area (TPSA) is 101 Å². The maximum Gasteiger partial charge on any atom is 0.106 e. The van der Waals surface area contributed by atoms with E-state index in [9.17, 15) is 15.3 Å². The van der Waals surface area contributed by atoms with Crippen molar-refractivity contribution in [1.82, 2.24) is 0 Å². The highest BCUT2D eigenvalue weighted by atomic mass is 16.4. The van der Waals surface area contributed by atoms with E-state index in [4.69, 9.17) is 10.2 Å². The van der Waals surface area contributed by atoms with Gasteiger partial charge in [-0.3, -0.25) is 0 Å². The summed E-state index contributed by atoms with van der Waals surface area (Å²) in [6.45, 7) is -0.498. The van der Waals surface area contributed by atoms with Crippen LogP contribution < -0.4 is 0 Å². The molecule has 0 saturated heterocycles. The Morgan fingerprint density at radius 3 is 2.00 bits per heavy atom. The smallest absolute Gasteiger partial charge is 0.106 e. The maximum absolute atomic E-state index is 9.43. The van der Waals surface area contributed by atoms with Gasteiger partial charge in [0.1, 0.15) is 6.10 Å². The first-order valence-corrected chi connectivity index (χ1v) is 4.37. The molecule has 13 heavy (non-hydrogen) atoms. The van der Waals surface area contributed by atoms with Crippen LogP contribution in [0.15, 0.2) is 0 Å². The summed E-state index contributed by atoms with van der Waals surface area (Å²) in [6, 6.07) is 0. The van der Waals surface area contributed by atoms with Crippen molar-refractivity contribution in [3.63, 3.8) is 0 Å². The normalized spacial score (nSPS) is 46.4. The molecule has 0 aliphatic heterocycles. The molecule has 0 heterocycles. The van der Waals surface area contributed by atoms with Crippen molar-refractivity contribution < 1.29 is 25.5 Å². The van der Waals surface area contributed by atoms with Crippen molar-refractivity contribution in [2.75, 3.05) is 13.2 Å². The SMILES string of the molecule is OC[C@H]1C[C@H](O)[C@H](O)[C@@H](O)[C@@H]1CO. The van der Waals surface area contributed by atoms with Gasteiger partial charge in [-0.15, -0.1) is 0 Å². The zero-order chi connectivity index (χ0) is 10.0. The van der Waals surface area contributed by atoms with Gasteiger partial charge in [0.15, 0.2) is 0 Å². The molecule has 0 radical (unpaired) electrons. The van der Waals surface area contributed by atoms with Crippen molar-refractivity contribution in [1.29, 1.82) is 0 Å². The van der Waals surface area contributed by atoms with Gasteiger partial charge in [0.05, 0.1) is 12.2 Å². The monoisotopic (exact) mass is 192 g/mol. The summed E-state index contributed by atoms with van der Waals surface area (Å²) in [7, 11) is 0. The average Bonchev–Trinajstić information content (AvgIpc) is 2.13. The molecule has 1 aliphatic rings. The van der Waals surface area contributed by atoms with Gasteiger partial charge < -0.3 is 25.5 Å². The van der Waals surface area contributed by atoms with Crippen LogP contribution in [0, 0.1) is 11.8 Å². The van der Waals surface area contributed by atoms with Crippen molar-refractivity contribution in [2.24, 2.45) is 11.8 Å². The summed E-state index contributed by atoms with van der Waals surface area (Å²) in [5.41, 5.74) is 0. The summed E-state index contributed by atoms with van der Waals surface area (Å²) < 4.78 is 0. The predicted molar refractivity (Wildman–Crippen MR) is 43.8 cm³/mol. The fourth-order valence-corrected chi connectivity index (χ4v) is 1.85. The van der Waals surface area contributed by atoms with Crippen molar-refractivity contribution in [3.8, 4) is 0 Å². The number of aliphatic hydroxyl groups is 5. The van der Waals surface area contributed by atoms with Gasteiger partial charge in [-0.2, -0.15) is 0 Å². The van der Waals surface area contributed by atoms with Gasteiger partial charge >= 0.3 is 0 Å². The van der Waals surface area contributed by atoms with E-state index in [2.05, 4.69) is 0 Å². The molecule has 0 aromatic heterocycles. The maximum atomic E-state index is 9.43. The zero-order valence-electron chi connectivity index (χ0n) is 7.24. The first-order chi connectivity index (χ1) is 6.11. The highest BCUT2D eigenvalue weighted by Gasteiger charge is 2.41. The van der Waals surface area contributed by atoms with Crippen LogP contribution in [0.3, 0.4) is 0 Å². The second-order valence-electron chi connectivity index (χ2n) is 3.57. The quantitative estimate of drug-likeness (QED) is 0.338. The van der Waals surface area contributed by atoms with E-state index in [0.29, 0.717) is 0 Å². The molecule has 5 nitrogen and oxygen atoms in total. The molecule has 1 saturated carbocycles. The second-order valence-corrected chi connectivity index (χ2v) is 3.57. The van der Waals surface area contributed by atoms with Crippen LogP contribution >= 0.6 is 0 Å². The van der Waals surface area contributed by atoms with Gasteiger partial charge in [-0.1, -0.05) is 0 Å². The molecule has 0 aromatic rings. The van der Waals surface area contributed by atoms with E-state index in [0.717, 1.165) is 0 Å². The van der Waals surface area contributed by atoms with E-state index in [1.165, 1.54) is 0 Å². The molecule has 78 valence electrons. The van der Waals surface area contributed by atoms with Gasteiger partial charge in [0.2, 0.25) is 0 Å². The van der Waals surface area contributed by atoms with Crippen LogP contribution in [0.5, 0.6) is 0 Å². The summed E-state index contributed by atoms with van der Waals surface area (Å²) in [4.78, 5) is 0. The lowest BCUT2D eigenvalue weighted by atomic mass is 9.75. The van der Waals surface area contributed by atoms with Crippen molar-refractivity contribution in [3.05, 3.63) is 0 Å². The Labute approximate surface area is 76.3 Å². The van der Waals surface area contributed by atoms with Crippen molar-refractivity contribution >= 4 is 0 Å². The Morgan fingerprint density at radius 1 is 0.923 bits per heavy atom. The Kier molecular flexibility index (Phi) is 3.63. The molecule has 0 aromatic carbocycles. The second kappa shape index (κ2) is 4.34. The first-order valence-electron chi connectivity index (χ1n) is 4.37. The first kappa shape index (κ1) is 10.9. The molecular formula is C8H16O5. The molecule has 0 amide bonds. The highest BCUT2D eigenvalue weighted by molar-refractivity contribution is 4.91. The third-order valence-electron chi connectivity index (χ3n) is 2.78. The standard InChI is InChI=1S/C8H16O5/c9-2-4-1-6(11)8(13)7(12)5(4)3-10/h4-13H,1-3H2/t4-,5-,6+,7+,8+/m1/s1. The van der Waals surface area contributed by atoms with Crippen LogP contribution in [0.1, 0.15) is 6.42 Å². The summed E-state index contributed by atoms with van der Waals surface area (Å²) >= 11 is 0. The number of hydrogen-bond acceptors (Lipinski definition) is 5. The molecule has 1 fully saturated rings. The van der Waals surface area contributed by atoms with Gasteiger partial charge in [0, 0.05) is 19.1 Å². The molecule has 0 spiro atoms. The molecule has 5 atom stereocenters. The van der Waals surface area contributed by atoms with Gasteiger partial charge in [0.25, 0.3) is 0 Å². The Morgan fingerprint density at radius 2 is 1.54 bits per heavy atom. The lowest BCUT2D eigenvalue weighted by Crippen LogP contribution is -2.52. The predicted octanol–water partition coefficient (Wildman–Crippen LogP) is -2.31. The molecular weight excluding hydrogens is 176 g/mol. The van der Waals surface area contributed by atoms with E-state index in [-0.39, 0.29) is 25.6 Å². The van der Waals surface area contributed by atoms with Crippen LogP contribution in [-0.4, -0.2) is 57.1 Å². The van der Waals surface area contributed by atoms with Gasteiger partial charge in [-0.05, 0) is 12.3 Å². The molecule has 0 bridgehead atoms. The molecule has 1 aliphatic carbocycles. The summed E-state index contributed by atoms with van der Waals surface area (Å²) in [5.74, 6) is -0.901. The summed E-state index contributed by atoms with van der Waals surface area (Å²) in [6.07, 6.45) is -3.19. The average molecular weight is 192 g/mol. The Hall–Kier alpha value is -0.200. The molecule has 0 unspecified atom stereocenters. The van der Waals surface area contributed by atoms with Crippen LogP contribution in [-0.2, 0) is 0 Å². The Balaban J connectivity index is 2.69. The van der Waals surface area contributed by atoms with E-state index in [1.54, 1.807) is 0 Å². The van der Waals surface area contributed by atoms with E-state index < -0.39 is 24.2 Å². The van der Waals surface area contributed by atoms with E-state index in [1.807, 2.05) is 0 Å².